The van der Waals surface area contributed by atoms with Crippen LogP contribution in [0.5, 0.6) is 0 Å². The maximum atomic E-state index is 12.3. The Hall–Kier alpha value is -2.35. The van der Waals surface area contributed by atoms with Crippen LogP contribution in [0.4, 0.5) is 11.4 Å². The number of nitriles is 1. The van der Waals surface area contributed by atoms with Gasteiger partial charge < -0.3 is 10.2 Å². The van der Waals surface area contributed by atoms with Gasteiger partial charge >= 0.3 is 0 Å². The molecule has 0 aromatic heterocycles. The summed E-state index contributed by atoms with van der Waals surface area (Å²) in [5.74, 6) is -0.280. The van der Waals surface area contributed by atoms with Crippen molar-refractivity contribution >= 4 is 23.2 Å². The minimum absolute atomic E-state index is 0.0653. The third kappa shape index (κ3) is 2.14. The van der Waals surface area contributed by atoms with Crippen LogP contribution in [0.25, 0.3) is 0 Å². The Morgan fingerprint density at radius 2 is 2.15 bits per heavy atom. The van der Waals surface area contributed by atoms with Crippen molar-refractivity contribution in [1.82, 2.24) is 0 Å². The van der Waals surface area contributed by atoms with Gasteiger partial charge in [-0.15, -0.1) is 0 Å². The molecule has 1 heterocycles. The van der Waals surface area contributed by atoms with E-state index >= 15 is 0 Å². The number of hydrogen-bond acceptors (Lipinski definition) is 3. The van der Waals surface area contributed by atoms with Crippen LogP contribution in [0.3, 0.4) is 0 Å². The number of rotatable bonds is 3. The van der Waals surface area contributed by atoms with Gasteiger partial charge in [-0.25, -0.2) is 0 Å². The highest BCUT2D eigenvalue weighted by atomic mass is 16.2. The fourth-order valence-electron chi connectivity index (χ4n) is 2.50. The van der Waals surface area contributed by atoms with Gasteiger partial charge in [0.05, 0.1) is 11.5 Å². The number of carbonyl (C=O) groups excluding carboxylic acids is 2. The molecule has 2 rings (SSSR count). The summed E-state index contributed by atoms with van der Waals surface area (Å²) in [4.78, 5) is 25.5. The van der Waals surface area contributed by atoms with Crippen molar-refractivity contribution < 1.29 is 9.59 Å². The number of carbonyl (C=O) groups is 2. The van der Waals surface area contributed by atoms with E-state index in [0.717, 1.165) is 11.3 Å². The van der Waals surface area contributed by atoms with E-state index < -0.39 is 5.41 Å². The maximum Gasteiger partial charge on any atom is 0.238 e. The van der Waals surface area contributed by atoms with Crippen LogP contribution in [-0.4, -0.2) is 18.4 Å². The summed E-state index contributed by atoms with van der Waals surface area (Å²) in [6.45, 7) is 6.32. The Bertz CT molecular complexity index is 614. The summed E-state index contributed by atoms with van der Waals surface area (Å²) in [5, 5.41) is 11.2. The third-order valence-corrected chi connectivity index (χ3v) is 3.58. The van der Waals surface area contributed by atoms with E-state index in [9.17, 15) is 9.59 Å². The SMILES string of the molecule is CCN1C(=O)C(C)(C)c2cc(NC(=O)CC#N)ccc21. The van der Waals surface area contributed by atoms with Gasteiger partial charge in [0.1, 0.15) is 6.42 Å². The van der Waals surface area contributed by atoms with E-state index in [1.807, 2.05) is 32.9 Å². The highest BCUT2D eigenvalue weighted by molar-refractivity contribution is 6.08. The Kier molecular flexibility index (Phi) is 3.49. The zero-order valence-electron chi connectivity index (χ0n) is 11.9. The molecule has 0 saturated carbocycles. The smallest absolute Gasteiger partial charge is 0.238 e. The number of anilines is 2. The number of hydrogen-bond donors (Lipinski definition) is 1. The van der Waals surface area contributed by atoms with Crippen molar-refractivity contribution in [3.05, 3.63) is 23.8 Å². The fraction of sp³-hybridized carbons (Fsp3) is 0.400. The molecule has 0 atom stereocenters. The van der Waals surface area contributed by atoms with Crippen molar-refractivity contribution in [2.75, 3.05) is 16.8 Å². The lowest BCUT2D eigenvalue weighted by molar-refractivity contribution is -0.122. The summed E-state index contributed by atoms with van der Waals surface area (Å²) in [6.07, 6.45) is -0.180. The lowest BCUT2D eigenvalue weighted by Gasteiger charge is -2.18. The first kappa shape index (κ1) is 14.1. The Morgan fingerprint density at radius 3 is 2.75 bits per heavy atom. The van der Waals surface area contributed by atoms with Crippen molar-refractivity contribution in [2.24, 2.45) is 0 Å². The number of nitrogens with zero attached hydrogens (tertiary/aromatic N) is 2. The molecule has 1 aromatic rings. The minimum atomic E-state index is -0.596. The average Bonchev–Trinajstić information content (AvgIpc) is 2.58. The zero-order chi connectivity index (χ0) is 14.9. The van der Waals surface area contributed by atoms with Gasteiger partial charge in [-0.3, -0.25) is 9.59 Å². The van der Waals surface area contributed by atoms with Crippen LogP contribution in [0.2, 0.25) is 0 Å². The molecule has 1 N–H and O–H groups in total. The van der Waals surface area contributed by atoms with E-state index in [1.165, 1.54) is 0 Å². The van der Waals surface area contributed by atoms with Gasteiger partial charge in [0.25, 0.3) is 0 Å². The molecule has 5 nitrogen and oxygen atoms in total. The predicted octanol–water partition coefficient (Wildman–Crippen LogP) is 2.18. The molecule has 5 heteroatoms. The summed E-state index contributed by atoms with van der Waals surface area (Å²) >= 11 is 0. The zero-order valence-corrected chi connectivity index (χ0v) is 11.9. The molecule has 1 aliphatic rings. The topological polar surface area (TPSA) is 73.2 Å². The monoisotopic (exact) mass is 271 g/mol. The minimum Gasteiger partial charge on any atom is -0.325 e. The van der Waals surface area contributed by atoms with E-state index in [0.29, 0.717) is 12.2 Å². The van der Waals surface area contributed by atoms with Gasteiger partial charge in [0, 0.05) is 17.9 Å². The normalized spacial score (nSPS) is 15.7. The number of fused-ring (bicyclic) bond motifs is 1. The molecular formula is C15H17N3O2. The van der Waals surface area contributed by atoms with Crippen molar-refractivity contribution in [2.45, 2.75) is 32.6 Å². The van der Waals surface area contributed by atoms with Crippen LogP contribution in [0, 0.1) is 11.3 Å². The predicted molar refractivity (Wildman–Crippen MR) is 76.4 cm³/mol. The standard InChI is InChI=1S/C15H17N3O2/c1-4-18-12-6-5-10(17-13(19)7-8-16)9-11(12)15(2,3)14(18)20/h5-6,9H,4,7H2,1-3H3,(H,17,19). The molecule has 104 valence electrons. The molecule has 0 aliphatic carbocycles. The second-order valence-corrected chi connectivity index (χ2v) is 5.29. The van der Waals surface area contributed by atoms with Crippen molar-refractivity contribution in [3.8, 4) is 6.07 Å². The van der Waals surface area contributed by atoms with Crippen molar-refractivity contribution in [3.63, 3.8) is 0 Å². The summed E-state index contributed by atoms with van der Waals surface area (Å²) < 4.78 is 0. The number of amides is 2. The number of benzene rings is 1. The van der Waals surface area contributed by atoms with Crippen LogP contribution >= 0.6 is 0 Å². The Morgan fingerprint density at radius 1 is 1.45 bits per heavy atom. The molecular weight excluding hydrogens is 254 g/mol. The highest BCUT2D eigenvalue weighted by Gasteiger charge is 2.43. The van der Waals surface area contributed by atoms with E-state index in [4.69, 9.17) is 5.26 Å². The second kappa shape index (κ2) is 4.97. The molecule has 0 bridgehead atoms. The highest BCUT2D eigenvalue weighted by Crippen LogP contribution is 2.42. The van der Waals surface area contributed by atoms with Gasteiger partial charge in [-0.1, -0.05) is 0 Å². The van der Waals surface area contributed by atoms with E-state index in [1.54, 1.807) is 17.0 Å². The van der Waals surface area contributed by atoms with Crippen LogP contribution < -0.4 is 10.2 Å². The first-order valence-electron chi connectivity index (χ1n) is 6.55. The van der Waals surface area contributed by atoms with E-state index in [-0.39, 0.29) is 18.2 Å². The summed E-state index contributed by atoms with van der Waals surface area (Å²) in [7, 11) is 0. The Labute approximate surface area is 118 Å². The largest absolute Gasteiger partial charge is 0.325 e. The first-order chi connectivity index (χ1) is 9.41. The Balaban J connectivity index is 2.38. The number of likely N-dealkylation sites (N-methyl/N-ethyl adjacent to an activating group) is 1. The van der Waals surface area contributed by atoms with Crippen LogP contribution in [0.15, 0.2) is 18.2 Å². The quantitative estimate of drug-likeness (QED) is 0.915. The second-order valence-electron chi connectivity index (χ2n) is 5.29. The summed E-state index contributed by atoms with van der Waals surface area (Å²) in [5.41, 5.74) is 1.81. The van der Waals surface area contributed by atoms with Crippen LogP contribution in [0.1, 0.15) is 32.8 Å². The molecule has 20 heavy (non-hydrogen) atoms. The molecule has 0 fully saturated rings. The van der Waals surface area contributed by atoms with Gasteiger partial charge in [0.15, 0.2) is 0 Å². The molecule has 1 aliphatic heterocycles. The molecule has 2 amide bonds. The molecule has 0 spiro atoms. The maximum absolute atomic E-state index is 12.3. The lowest BCUT2D eigenvalue weighted by atomic mass is 9.86. The lowest BCUT2D eigenvalue weighted by Crippen LogP contribution is -2.35. The summed E-state index contributed by atoms with van der Waals surface area (Å²) in [6, 6.07) is 7.22. The van der Waals surface area contributed by atoms with E-state index in [2.05, 4.69) is 5.32 Å². The average molecular weight is 271 g/mol. The van der Waals surface area contributed by atoms with Gasteiger partial charge in [0.2, 0.25) is 11.8 Å². The fourth-order valence-corrected chi connectivity index (χ4v) is 2.50. The van der Waals surface area contributed by atoms with Crippen molar-refractivity contribution in [1.29, 1.82) is 5.26 Å². The van der Waals surface area contributed by atoms with Gasteiger partial charge in [-0.05, 0) is 44.5 Å². The molecule has 0 saturated heterocycles. The molecule has 0 radical (unpaired) electrons. The molecule has 0 unspecified atom stereocenters. The van der Waals surface area contributed by atoms with Gasteiger partial charge in [-0.2, -0.15) is 5.26 Å². The first-order valence-corrected chi connectivity index (χ1v) is 6.55. The van der Waals surface area contributed by atoms with Crippen LogP contribution in [-0.2, 0) is 15.0 Å². The third-order valence-electron chi connectivity index (χ3n) is 3.58. The number of nitrogens with one attached hydrogen (secondary N) is 1. The molecule has 1 aromatic carbocycles.